The summed E-state index contributed by atoms with van der Waals surface area (Å²) in [7, 11) is -3.39. The number of fused-ring (bicyclic) bond motifs is 1. The fourth-order valence-electron chi connectivity index (χ4n) is 2.89. The van der Waals surface area contributed by atoms with Crippen LogP contribution in [0.2, 0.25) is 0 Å². The SMILES string of the molecule is CC(C)(C)n1cc(Nc2nc(-c3cccc(NS(C)(=O)=O)c3)nc3cn[nH]c23)cn1. The van der Waals surface area contributed by atoms with E-state index in [4.69, 9.17) is 0 Å². The third-order valence-electron chi connectivity index (χ3n) is 4.26. The molecule has 4 rings (SSSR count). The van der Waals surface area contributed by atoms with Gasteiger partial charge in [0.25, 0.3) is 0 Å². The first-order valence-electron chi connectivity index (χ1n) is 9.20. The first-order chi connectivity index (χ1) is 14.1. The van der Waals surface area contributed by atoms with Crippen LogP contribution < -0.4 is 10.0 Å². The molecule has 1 aromatic carbocycles. The maximum Gasteiger partial charge on any atom is 0.229 e. The Hall–Kier alpha value is -3.47. The molecule has 0 amide bonds. The number of anilines is 3. The Labute approximate surface area is 173 Å². The minimum atomic E-state index is -3.39. The van der Waals surface area contributed by atoms with Crippen molar-refractivity contribution in [2.75, 3.05) is 16.3 Å². The van der Waals surface area contributed by atoms with Crippen molar-refractivity contribution in [1.29, 1.82) is 0 Å². The Morgan fingerprint density at radius 1 is 1.10 bits per heavy atom. The highest BCUT2D eigenvalue weighted by Gasteiger charge is 2.16. The van der Waals surface area contributed by atoms with E-state index in [9.17, 15) is 8.42 Å². The first-order valence-corrected chi connectivity index (χ1v) is 11.1. The summed E-state index contributed by atoms with van der Waals surface area (Å²) in [6.07, 6.45) is 6.35. The van der Waals surface area contributed by atoms with Crippen molar-refractivity contribution < 1.29 is 8.42 Å². The monoisotopic (exact) mass is 426 g/mol. The first kappa shape index (κ1) is 19.8. The predicted molar refractivity (Wildman–Crippen MR) is 116 cm³/mol. The van der Waals surface area contributed by atoms with Crippen molar-refractivity contribution >= 4 is 38.2 Å². The van der Waals surface area contributed by atoms with Crippen molar-refractivity contribution in [3.8, 4) is 11.4 Å². The van der Waals surface area contributed by atoms with Gasteiger partial charge in [0, 0.05) is 17.4 Å². The molecule has 156 valence electrons. The average molecular weight is 427 g/mol. The van der Waals surface area contributed by atoms with E-state index < -0.39 is 10.0 Å². The van der Waals surface area contributed by atoms with Gasteiger partial charge < -0.3 is 5.32 Å². The van der Waals surface area contributed by atoms with Crippen LogP contribution in [0.5, 0.6) is 0 Å². The zero-order valence-electron chi connectivity index (χ0n) is 17.0. The van der Waals surface area contributed by atoms with E-state index in [1.54, 1.807) is 30.6 Å². The summed E-state index contributed by atoms with van der Waals surface area (Å²) in [6, 6.07) is 6.91. The van der Waals surface area contributed by atoms with Crippen LogP contribution in [0.4, 0.5) is 17.2 Å². The fraction of sp³-hybridized carbons (Fsp3) is 0.263. The normalized spacial score (nSPS) is 12.3. The summed E-state index contributed by atoms with van der Waals surface area (Å²) in [5.41, 5.74) is 3.03. The van der Waals surface area contributed by atoms with Crippen LogP contribution >= 0.6 is 0 Å². The van der Waals surface area contributed by atoms with Gasteiger partial charge in [0.15, 0.2) is 11.6 Å². The van der Waals surface area contributed by atoms with Crippen LogP contribution in [-0.2, 0) is 15.6 Å². The second-order valence-electron chi connectivity index (χ2n) is 7.95. The molecule has 30 heavy (non-hydrogen) atoms. The van der Waals surface area contributed by atoms with E-state index in [0.29, 0.717) is 33.9 Å². The van der Waals surface area contributed by atoms with Gasteiger partial charge in [0.1, 0.15) is 11.0 Å². The molecular formula is C19H22N8O2S. The maximum absolute atomic E-state index is 11.5. The van der Waals surface area contributed by atoms with Crippen LogP contribution in [0, 0.1) is 0 Å². The zero-order chi connectivity index (χ0) is 21.5. The standard InChI is InChI=1S/C19H22N8O2S/c1-19(2,3)27-11-14(9-21-27)22-18-16-15(10-20-25-16)23-17(24-18)12-6-5-7-13(8-12)26-30(4,28)29/h5-11,26H,1-4H3,(H,20,25)(H,22,23,24). The van der Waals surface area contributed by atoms with Crippen molar-refractivity contribution in [3.05, 3.63) is 42.9 Å². The lowest BCUT2D eigenvalue weighted by atomic mass is 10.1. The Balaban J connectivity index is 1.73. The van der Waals surface area contributed by atoms with Gasteiger partial charge in [-0.15, -0.1) is 0 Å². The molecule has 0 unspecified atom stereocenters. The third kappa shape index (κ3) is 4.25. The molecule has 0 spiro atoms. The molecule has 3 aromatic heterocycles. The number of nitrogens with zero attached hydrogens (tertiary/aromatic N) is 5. The number of rotatable bonds is 5. The molecule has 0 saturated carbocycles. The highest BCUT2D eigenvalue weighted by atomic mass is 32.2. The lowest BCUT2D eigenvalue weighted by molar-refractivity contribution is 0.355. The lowest BCUT2D eigenvalue weighted by Crippen LogP contribution is -2.21. The minimum Gasteiger partial charge on any atom is -0.336 e. The quantitative estimate of drug-likeness (QED) is 0.447. The van der Waals surface area contributed by atoms with Crippen molar-refractivity contribution in [1.82, 2.24) is 29.9 Å². The molecule has 0 bridgehead atoms. The average Bonchev–Trinajstić information content (AvgIpc) is 3.29. The van der Waals surface area contributed by atoms with Gasteiger partial charge in [-0.1, -0.05) is 12.1 Å². The molecule has 0 saturated heterocycles. The number of hydrogen-bond acceptors (Lipinski definition) is 7. The van der Waals surface area contributed by atoms with Crippen molar-refractivity contribution in [2.24, 2.45) is 0 Å². The minimum absolute atomic E-state index is 0.146. The summed E-state index contributed by atoms with van der Waals surface area (Å²) in [6.45, 7) is 6.20. The van der Waals surface area contributed by atoms with Gasteiger partial charge >= 0.3 is 0 Å². The van der Waals surface area contributed by atoms with Crippen LogP contribution in [0.15, 0.2) is 42.9 Å². The topological polar surface area (TPSA) is 130 Å². The second kappa shape index (κ2) is 7.10. The molecule has 3 heterocycles. The van der Waals surface area contributed by atoms with Gasteiger partial charge in [0.05, 0.1) is 29.9 Å². The Morgan fingerprint density at radius 3 is 2.60 bits per heavy atom. The Bertz CT molecular complexity index is 1320. The number of nitrogens with one attached hydrogen (secondary N) is 3. The van der Waals surface area contributed by atoms with Gasteiger partial charge in [-0.3, -0.25) is 14.5 Å². The van der Waals surface area contributed by atoms with Crippen molar-refractivity contribution in [3.63, 3.8) is 0 Å². The second-order valence-corrected chi connectivity index (χ2v) is 9.70. The number of H-pyrrole nitrogens is 1. The smallest absolute Gasteiger partial charge is 0.229 e. The molecule has 0 aliphatic carbocycles. The molecule has 10 nitrogen and oxygen atoms in total. The van der Waals surface area contributed by atoms with E-state index in [1.807, 2.05) is 16.9 Å². The molecular weight excluding hydrogens is 404 g/mol. The summed E-state index contributed by atoms with van der Waals surface area (Å²) < 4.78 is 27.4. The Morgan fingerprint density at radius 2 is 1.90 bits per heavy atom. The van der Waals surface area contributed by atoms with Crippen LogP contribution in [0.3, 0.4) is 0 Å². The van der Waals surface area contributed by atoms with E-state index in [1.165, 1.54) is 0 Å². The highest BCUT2D eigenvalue weighted by molar-refractivity contribution is 7.92. The van der Waals surface area contributed by atoms with Crippen molar-refractivity contribution in [2.45, 2.75) is 26.3 Å². The number of hydrogen-bond donors (Lipinski definition) is 3. The number of aromatic amines is 1. The van der Waals surface area contributed by atoms with E-state index >= 15 is 0 Å². The number of aromatic nitrogens is 6. The molecule has 0 radical (unpaired) electrons. The van der Waals surface area contributed by atoms with E-state index in [-0.39, 0.29) is 5.54 Å². The molecule has 0 aliphatic rings. The Kier molecular flexibility index (Phi) is 4.69. The van der Waals surface area contributed by atoms with Gasteiger partial charge in [0.2, 0.25) is 10.0 Å². The fourth-order valence-corrected chi connectivity index (χ4v) is 3.44. The molecule has 3 N–H and O–H groups in total. The van der Waals surface area contributed by atoms with E-state index in [0.717, 1.165) is 11.9 Å². The van der Waals surface area contributed by atoms with Gasteiger partial charge in [-0.2, -0.15) is 10.2 Å². The van der Waals surface area contributed by atoms with Crippen LogP contribution in [0.1, 0.15) is 20.8 Å². The number of sulfonamides is 1. The lowest BCUT2D eigenvalue weighted by Gasteiger charge is -2.18. The number of benzene rings is 1. The summed E-state index contributed by atoms with van der Waals surface area (Å²) in [5.74, 6) is 0.981. The molecule has 11 heteroatoms. The molecule has 0 atom stereocenters. The maximum atomic E-state index is 11.5. The summed E-state index contributed by atoms with van der Waals surface area (Å²) >= 11 is 0. The van der Waals surface area contributed by atoms with Crippen LogP contribution in [-0.4, -0.2) is 44.6 Å². The highest BCUT2D eigenvalue weighted by Crippen LogP contribution is 2.27. The summed E-state index contributed by atoms with van der Waals surface area (Å²) in [4.78, 5) is 9.19. The third-order valence-corrected chi connectivity index (χ3v) is 4.86. The van der Waals surface area contributed by atoms with Gasteiger partial charge in [-0.05, 0) is 32.9 Å². The summed E-state index contributed by atoms with van der Waals surface area (Å²) in [5, 5.41) is 14.6. The largest absolute Gasteiger partial charge is 0.336 e. The predicted octanol–water partition coefficient (Wildman–Crippen LogP) is 3.09. The zero-order valence-corrected chi connectivity index (χ0v) is 17.8. The molecule has 0 fully saturated rings. The molecule has 0 aliphatic heterocycles. The van der Waals surface area contributed by atoms with Gasteiger partial charge in [-0.25, -0.2) is 18.4 Å². The van der Waals surface area contributed by atoms with E-state index in [2.05, 4.69) is 56.1 Å². The molecule has 4 aromatic rings. The van der Waals surface area contributed by atoms with Crippen LogP contribution in [0.25, 0.3) is 22.4 Å².